The Hall–Kier alpha value is -3.83. The van der Waals surface area contributed by atoms with Crippen molar-refractivity contribution in [2.45, 2.75) is 6.92 Å². The Bertz CT molecular complexity index is 1440. The van der Waals surface area contributed by atoms with E-state index in [1.165, 1.54) is 16.7 Å². The lowest BCUT2D eigenvalue weighted by Crippen LogP contribution is -2.37. The van der Waals surface area contributed by atoms with E-state index >= 15 is 0 Å². The highest BCUT2D eigenvalue weighted by atomic mass is 32.2. The van der Waals surface area contributed by atoms with E-state index in [2.05, 4.69) is 5.32 Å². The van der Waals surface area contributed by atoms with Crippen molar-refractivity contribution < 1.29 is 19.1 Å². The molecule has 2 aromatic carbocycles. The summed E-state index contributed by atoms with van der Waals surface area (Å²) in [5.74, 6) is 0.188. The summed E-state index contributed by atoms with van der Waals surface area (Å²) in [6.07, 6.45) is 1.68. The van der Waals surface area contributed by atoms with Crippen molar-refractivity contribution in [1.82, 2.24) is 14.3 Å². The molecule has 2 heterocycles. The number of carbonyl (C=O) groups is 2. The van der Waals surface area contributed by atoms with E-state index in [9.17, 15) is 14.4 Å². The Morgan fingerprint density at radius 2 is 1.78 bits per heavy atom. The molecule has 1 aliphatic rings. The van der Waals surface area contributed by atoms with Crippen LogP contribution in [0, 0.1) is 6.92 Å². The van der Waals surface area contributed by atoms with Gasteiger partial charge in [-0.25, -0.2) is 4.68 Å². The van der Waals surface area contributed by atoms with Crippen molar-refractivity contribution in [3.8, 4) is 17.2 Å². The number of benzene rings is 2. The van der Waals surface area contributed by atoms with Crippen molar-refractivity contribution in [1.29, 1.82) is 0 Å². The summed E-state index contributed by atoms with van der Waals surface area (Å²) < 4.78 is 13.9. The first kappa shape index (κ1) is 25.3. The number of nitrogens with zero attached hydrogens (tertiary/aromatic N) is 3. The van der Waals surface area contributed by atoms with Crippen LogP contribution in [0.15, 0.2) is 58.2 Å². The summed E-state index contributed by atoms with van der Waals surface area (Å²) >= 11 is 6.46. The highest BCUT2D eigenvalue weighted by Gasteiger charge is 2.34. The van der Waals surface area contributed by atoms with E-state index < -0.39 is 5.91 Å². The summed E-state index contributed by atoms with van der Waals surface area (Å²) in [5.41, 5.74) is 1.76. The summed E-state index contributed by atoms with van der Waals surface area (Å²) in [4.78, 5) is 40.5. The number of methoxy groups -OCH3 is 2. The molecule has 0 atom stereocenters. The van der Waals surface area contributed by atoms with E-state index in [0.29, 0.717) is 27.8 Å². The largest absolute Gasteiger partial charge is 0.493 e. The zero-order chi connectivity index (χ0) is 26.0. The Morgan fingerprint density at radius 3 is 2.44 bits per heavy atom. The van der Waals surface area contributed by atoms with Gasteiger partial charge in [-0.2, -0.15) is 0 Å². The van der Waals surface area contributed by atoms with Gasteiger partial charge in [0.15, 0.2) is 11.5 Å². The van der Waals surface area contributed by atoms with Crippen LogP contribution < -0.4 is 20.3 Å². The summed E-state index contributed by atoms with van der Waals surface area (Å²) in [5, 5.41) is 2.66. The van der Waals surface area contributed by atoms with Gasteiger partial charge in [0, 0.05) is 7.05 Å². The molecule has 11 heteroatoms. The first-order valence-electron chi connectivity index (χ1n) is 10.9. The molecule has 1 aromatic heterocycles. The molecule has 0 aliphatic carbocycles. The first-order chi connectivity index (χ1) is 17.2. The second kappa shape index (κ2) is 10.4. The van der Waals surface area contributed by atoms with Gasteiger partial charge in [-0.3, -0.25) is 24.0 Å². The molecule has 1 N–H and O–H groups in total. The van der Waals surface area contributed by atoms with Crippen LogP contribution in [0.5, 0.6) is 11.5 Å². The fourth-order valence-corrected chi connectivity index (χ4v) is 5.02. The third kappa shape index (κ3) is 4.79. The Kier molecular flexibility index (Phi) is 7.32. The average Bonchev–Trinajstić information content (AvgIpc) is 3.25. The molecular formula is C25H24N4O5S2. The number of aromatic nitrogens is 2. The predicted octanol–water partition coefficient (Wildman–Crippen LogP) is 3.34. The van der Waals surface area contributed by atoms with Gasteiger partial charge in [-0.1, -0.05) is 48.2 Å². The number of thiocarbonyl (C=S) groups is 1. The Morgan fingerprint density at radius 1 is 1.08 bits per heavy atom. The predicted molar refractivity (Wildman–Crippen MR) is 144 cm³/mol. The molecule has 186 valence electrons. The number of hydrogen-bond donors (Lipinski definition) is 1. The van der Waals surface area contributed by atoms with Gasteiger partial charge in [-0.15, -0.1) is 0 Å². The molecule has 0 unspecified atom stereocenters. The number of para-hydroxylation sites is 1. The smallest absolute Gasteiger partial charge is 0.295 e. The molecule has 0 saturated carbocycles. The van der Waals surface area contributed by atoms with Crippen LogP contribution >= 0.6 is 24.0 Å². The molecule has 3 aromatic rings. The number of rotatable bonds is 7. The quantitative estimate of drug-likeness (QED) is 0.374. The Labute approximate surface area is 217 Å². The van der Waals surface area contributed by atoms with Gasteiger partial charge >= 0.3 is 0 Å². The summed E-state index contributed by atoms with van der Waals surface area (Å²) in [7, 11) is 4.81. The van der Waals surface area contributed by atoms with Crippen molar-refractivity contribution in [2.75, 3.05) is 26.1 Å². The second-order valence-corrected chi connectivity index (χ2v) is 9.54. The van der Waals surface area contributed by atoms with Gasteiger partial charge in [0.25, 0.3) is 11.5 Å². The van der Waals surface area contributed by atoms with Crippen LogP contribution in [-0.4, -0.2) is 51.2 Å². The van der Waals surface area contributed by atoms with Crippen molar-refractivity contribution in [3.05, 3.63) is 75.0 Å². The van der Waals surface area contributed by atoms with Crippen LogP contribution in [-0.2, 0) is 16.6 Å². The van der Waals surface area contributed by atoms with E-state index in [0.717, 1.165) is 17.3 Å². The van der Waals surface area contributed by atoms with E-state index in [1.807, 2.05) is 18.2 Å². The molecule has 1 saturated heterocycles. The van der Waals surface area contributed by atoms with Gasteiger partial charge in [0.05, 0.1) is 30.5 Å². The third-order valence-corrected chi connectivity index (χ3v) is 7.08. The molecule has 9 nitrogen and oxygen atoms in total. The molecule has 36 heavy (non-hydrogen) atoms. The van der Waals surface area contributed by atoms with Gasteiger partial charge < -0.3 is 14.8 Å². The summed E-state index contributed by atoms with van der Waals surface area (Å²) in [6.45, 7) is 1.43. The molecule has 1 fully saturated rings. The fraction of sp³-hybridized carbons (Fsp3) is 0.200. The van der Waals surface area contributed by atoms with Crippen LogP contribution in [0.1, 0.15) is 11.3 Å². The fourth-order valence-electron chi connectivity index (χ4n) is 3.77. The summed E-state index contributed by atoms with van der Waals surface area (Å²) in [6, 6.07) is 14.4. The van der Waals surface area contributed by atoms with E-state index in [-0.39, 0.29) is 28.0 Å². The van der Waals surface area contributed by atoms with Crippen LogP contribution in [0.25, 0.3) is 11.8 Å². The normalized spacial score (nSPS) is 14.4. The average molecular weight is 525 g/mol. The lowest BCUT2D eigenvalue weighted by atomic mass is 10.2. The number of amides is 2. The molecule has 0 spiro atoms. The second-order valence-electron chi connectivity index (χ2n) is 7.87. The number of thioether (sulfide) groups is 1. The molecule has 4 rings (SSSR count). The first-order valence-corrected chi connectivity index (χ1v) is 12.1. The topological polar surface area (TPSA) is 94.8 Å². The monoisotopic (exact) mass is 524 g/mol. The van der Waals surface area contributed by atoms with Gasteiger partial charge in [0.1, 0.15) is 16.6 Å². The van der Waals surface area contributed by atoms with Crippen molar-refractivity contribution in [2.24, 2.45) is 7.05 Å². The number of ether oxygens (including phenoxy) is 2. The van der Waals surface area contributed by atoms with Crippen molar-refractivity contribution >= 4 is 51.9 Å². The maximum Gasteiger partial charge on any atom is 0.295 e. The van der Waals surface area contributed by atoms with Gasteiger partial charge in [0.2, 0.25) is 5.91 Å². The SMILES string of the molecule is COc1ccc(/C=C2\SC(=S)N(CC(=O)Nc3c(C)n(C)n(-c4ccccc4)c3=O)C2=O)cc1OC. The number of nitrogens with one attached hydrogen (secondary N) is 1. The van der Waals surface area contributed by atoms with Crippen LogP contribution in [0.2, 0.25) is 0 Å². The standard InChI is InChI=1S/C25H24N4O5S2/c1-15-22(24(32)29(27(15)2)17-8-6-5-7-9-17)26-21(30)14-28-23(31)20(36-25(28)35)13-16-10-11-18(33-3)19(12-16)34-4/h5-13H,14H2,1-4H3,(H,26,30)/b20-13-. The number of hydrogen-bond acceptors (Lipinski definition) is 7. The molecule has 2 amide bonds. The molecule has 1 aliphatic heterocycles. The highest BCUT2D eigenvalue weighted by Crippen LogP contribution is 2.34. The Balaban J connectivity index is 1.51. The number of anilines is 1. The van der Waals surface area contributed by atoms with E-state index in [4.69, 9.17) is 21.7 Å². The van der Waals surface area contributed by atoms with Gasteiger partial charge in [-0.05, 0) is 42.8 Å². The maximum atomic E-state index is 13.1. The zero-order valence-corrected chi connectivity index (χ0v) is 21.7. The van der Waals surface area contributed by atoms with Crippen molar-refractivity contribution in [3.63, 3.8) is 0 Å². The number of carbonyl (C=O) groups excluding carboxylic acids is 2. The lowest BCUT2D eigenvalue weighted by molar-refractivity contribution is -0.126. The molecule has 0 radical (unpaired) electrons. The maximum absolute atomic E-state index is 13.1. The van der Waals surface area contributed by atoms with E-state index in [1.54, 1.807) is 62.2 Å². The highest BCUT2D eigenvalue weighted by molar-refractivity contribution is 8.26. The van der Waals surface area contributed by atoms with Crippen LogP contribution in [0.4, 0.5) is 5.69 Å². The minimum Gasteiger partial charge on any atom is -0.493 e. The molecule has 0 bridgehead atoms. The zero-order valence-electron chi connectivity index (χ0n) is 20.1. The minimum atomic E-state index is -0.523. The minimum absolute atomic E-state index is 0.151. The molecular weight excluding hydrogens is 500 g/mol. The lowest BCUT2D eigenvalue weighted by Gasteiger charge is -2.13. The van der Waals surface area contributed by atoms with Crippen LogP contribution in [0.3, 0.4) is 0 Å². The third-order valence-electron chi connectivity index (χ3n) is 5.70.